The largest absolute Gasteiger partial charge is 0.497 e. The van der Waals surface area contributed by atoms with Crippen LogP contribution in [0, 0.1) is 5.92 Å². The second-order valence-electron chi connectivity index (χ2n) is 9.62. The maximum Gasteiger partial charge on any atom is 0.191 e. The van der Waals surface area contributed by atoms with Crippen molar-refractivity contribution in [3.05, 3.63) is 54.6 Å². The van der Waals surface area contributed by atoms with Crippen molar-refractivity contribution in [3.63, 3.8) is 0 Å². The van der Waals surface area contributed by atoms with Crippen LogP contribution in [0.1, 0.15) is 52.0 Å². The van der Waals surface area contributed by atoms with Gasteiger partial charge in [0.25, 0.3) is 0 Å². The van der Waals surface area contributed by atoms with E-state index in [1.807, 2.05) is 18.2 Å². The van der Waals surface area contributed by atoms with Crippen molar-refractivity contribution < 1.29 is 13.9 Å². The van der Waals surface area contributed by atoms with Crippen molar-refractivity contribution in [2.75, 3.05) is 13.7 Å². The molecular weight excluding hydrogens is 376 g/mol. The van der Waals surface area contributed by atoms with E-state index in [0.717, 1.165) is 43.6 Å². The second kappa shape index (κ2) is 10.1. The topological polar surface area (TPSA) is 27.7 Å². The minimum atomic E-state index is -1.68. The van der Waals surface area contributed by atoms with Crippen molar-refractivity contribution in [3.8, 4) is 5.75 Å². The lowest BCUT2D eigenvalue weighted by Crippen LogP contribution is -2.41. The fourth-order valence-electron chi connectivity index (χ4n) is 3.56. The van der Waals surface area contributed by atoms with Gasteiger partial charge in [-0.05, 0) is 67.4 Å². The predicted octanol–water partition coefficient (Wildman–Crippen LogP) is 6.90. The molecule has 0 amide bonds. The first-order chi connectivity index (χ1) is 13.6. The van der Waals surface area contributed by atoms with Crippen molar-refractivity contribution in [2.24, 2.45) is 5.92 Å². The van der Waals surface area contributed by atoms with Crippen LogP contribution in [0.2, 0.25) is 18.1 Å². The molecule has 0 N–H and O–H groups in total. The summed E-state index contributed by atoms with van der Waals surface area (Å²) in [6, 6.07) is 8.08. The fraction of sp³-hybridized carbons (Fsp3) is 0.600. The Kier molecular flexibility index (Phi) is 8.33. The summed E-state index contributed by atoms with van der Waals surface area (Å²) < 4.78 is 18.1. The van der Waals surface area contributed by atoms with Crippen LogP contribution in [0.4, 0.5) is 0 Å². The first-order valence-corrected chi connectivity index (χ1v) is 13.8. The van der Waals surface area contributed by atoms with E-state index in [9.17, 15) is 0 Å². The van der Waals surface area contributed by atoms with E-state index < -0.39 is 13.9 Å². The second-order valence-corrected chi connectivity index (χ2v) is 14.4. The van der Waals surface area contributed by atoms with Gasteiger partial charge in [0.2, 0.25) is 0 Å². The van der Waals surface area contributed by atoms with Gasteiger partial charge in [-0.3, -0.25) is 0 Å². The number of hydrogen-bond donors (Lipinski definition) is 0. The zero-order valence-electron chi connectivity index (χ0n) is 19.3. The summed E-state index contributed by atoms with van der Waals surface area (Å²) in [6.45, 7) is 17.0. The Morgan fingerprint density at radius 1 is 1.21 bits per heavy atom. The molecule has 4 heteroatoms. The Bertz CT molecular complexity index is 672. The molecule has 0 aliphatic heterocycles. The summed E-state index contributed by atoms with van der Waals surface area (Å²) in [5.74, 6) is 1.30. The van der Waals surface area contributed by atoms with Crippen molar-refractivity contribution in [1.29, 1.82) is 0 Å². The van der Waals surface area contributed by atoms with Gasteiger partial charge in [0.15, 0.2) is 8.32 Å². The maximum atomic E-state index is 6.47. The van der Waals surface area contributed by atoms with Gasteiger partial charge in [0, 0.05) is 6.61 Å². The zero-order chi connectivity index (χ0) is 21.5. The Labute approximate surface area is 179 Å². The fourth-order valence-corrected chi connectivity index (χ4v) is 4.65. The van der Waals surface area contributed by atoms with E-state index in [4.69, 9.17) is 13.9 Å². The first kappa shape index (κ1) is 23.9. The lowest BCUT2D eigenvalue weighted by molar-refractivity contribution is -0.0360. The van der Waals surface area contributed by atoms with E-state index >= 15 is 0 Å². The minimum Gasteiger partial charge on any atom is -0.497 e. The van der Waals surface area contributed by atoms with Gasteiger partial charge in [-0.25, -0.2) is 0 Å². The molecule has 2 rings (SSSR count). The Hall–Kier alpha value is -1.36. The van der Waals surface area contributed by atoms with Gasteiger partial charge < -0.3 is 13.9 Å². The van der Waals surface area contributed by atoms with Crippen molar-refractivity contribution in [1.82, 2.24) is 0 Å². The highest BCUT2D eigenvalue weighted by atomic mass is 28.4. The number of methoxy groups -OCH3 is 1. The molecule has 0 aromatic heterocycles. The molecule has 0 fully saturated rings. The summed E-state index contributed by atoms with van der Waals surface area (Å²) in [5.41, 5.74) is 0.751. The van der Waals surface area contributed by atoms with Crippen molar-refractivity contribution >= 4 is 8.32 Å². The molecular formula is C25H40O3Si. The third kappa shape index (κ3) is 6.31. The lowest BCUT2D eigenvalue weighted by atomic mass is 9.77. The minimum absolute atomic E-state index is 0.257. The van der Waals surface area contributed by atoms with Gasteiger partial charge in [-0.15, -0.1) is 0 Å². The first-order valence-electron chi connectivity index (χ1n) is 10.9. The molecule has 0 bridgehead atoms. The molecule has 1 aliphatic rings. The number of ether oxygens (including phenoxy) is 2. The maximum absolute atomic E-state index is 6.47. The standard InChI is InChI=1S/C25H40O3Si/c1-8-25(27-20-21-14-16-23(26-5)17-15-21)18-10-9-12-22(25)13-11-19-28-29(6,7)24(2,3)4/h8,10,14-18,22H,1,9,11-13,19-20H2,2-7H3/t22-,25+/m1/s1. The molecule has 0 radical (unpaired) electrons. The molecule has 0 unspecified atom stereocenters. The number of allylic oxidation sites excluding steroid dienone is 1. The normalized spacial score (nSPS) is 22.5. The molecule has 0 spiro atoms. The van der Waals surface area contributed by atoms with Gasteiger partial charge in [-0.1, -0.05) is 57.7 Å². The summed E-state index contributed by atoms with van der Waals surface area (Å²) in [4.78, 5) is 0. The number of hydrogen-bond acceptors (Lipinski definition) is 3. The van der Waals surface area contributed by atoms with E-state index in [2.05, 4.69) is 64.7 Å². The highest BCUT2D eigenvalue weighted by molar-refractivity contribution is 6.74. The van der Waals surface area contributed by atoms with Crippen LogP contribution in [-0.4, -0.2) is 27.6 Å². The molecule has 0 saturated heterocycles. The van der Waals surface area contributed by atoms with Gasteiger partial charge in [0.05, 0.1) is 13.7 Å². The van der Waals surface area contributed by atoms with Crippen LogP contribution in [0.3, 0.4) is 0 Å². The highest BCUT2D eigenvalue weighted by Crippen LogP contribution is 2.39. The van der Waals surface area contributed by atoms with Gasteiger partial charge >= 0.3 is 0 Å². The summed E-state index contributed by atoms with van der Waals surface area (Å²) in [6.07, 6.45) is 10.8. The lowest BCUT2D eigenvalue weighted by Gasteiger charge is -2.39. The van der Waals surface area contributed by atoms with E-state index in [1.165, 1.54) is 0 Å². The molecule has 29 heavy (non-hydrogen) atoms. The van der Waals surface area contributed by atoms with Crippen LogP contribution in [-0.2, 0) is 15.8 Å². The van der Waals surface area contributed by atoms with Crippen LogP contribution in [0.5, 0.6) is 5.75 Å². The third-order valence-electron chi connectivity index (χ3n) is 6.63. The van der Waals surface area contributed by atoms with Crippen LogP contribution in [0.25, 0.3) is 0 Å². The average Bonchev–Trinajstić information content (AvgIpc) is 2.70. The molecule has 162 valence electrons. The molecule has 3 nitrogen and oxygen atoms in total. The van der Waals surface area contributed by atoms with Crippen LogP contribution >= 0.6 is 0 Å². The smallest absolute Gasteiger partial charge is 0.191 e. The van der Waals surface area contributed by atoms with Gasteiger partial charge in [-0.2, -0.15) is 0 Å². The monoisotopic (exact) mass is 416 g/mol. The Morgan fingerprint density at radius 2 is 1.90 bits per heavy atom. The molecule has 0 saturated carbocycles. The summed E-state index contributed by atoms with van der Waals surface area (Å²) in [7, 11) is 0.00652. The van der Waals surface area contributed by atoms with E-state index in [1.54, 1.807) is 7.11 Å². The molecule has 1 aromatic rings. The van der Waals surface area contributed by atoms with E-state index in [-0.39, 0.29) is 5.04 Å². The third-order valence-corrected chi connectivity index (χ3v) is 11.2. The Balaban J connectivity index is 1.95. The molecule has 1 aromatic carbocycles. The molecule has 2 atom stereocenters. The molecule has 1 aliphatic carbocycles. The number of rotatable bonds is 10. The highest BCUT2D eigenvalue weighted by Gasteiger charge is 2.38. The quantitative estimate of drug-likeness (QED) is 0.236. The van der Waals surface area contributed by atoms with E-state index in [0.29, 0.717) is 12.5 Å². The van der Waals surface area contributed by atoms with Crippen LogP contribution in [0.15, 0.2) is 49.1 Å². The predicted molar refractivity (Wildman–Crippen MR) is 125 cm³/mol. The molecule has 0 heterocycles. The van der Waals surface area contributed by atoms with Crippen molar-refractivity contribution in [2.45, 2.75) is 76.8 Å². The van der Waals surface area contributed by atoms with Gasteiger partial charge in [0.1, 0.15) is 11.4 Å². The summed E-state index contributed by atoms with van der Waals surface area (Å²) in [5, 5.41) is 0.257. The SMILES string of the molecule is C=C[C@]1(OCc2ccc(OC)cc2)C=CCC[C@@H]1CCCO[Si](C)(C)C(C)(C)C. The Morgan fingerprint density at radius 3 is 2.48 bits per heavy atom. The average molecular weight is 417 g/mol. The number of benzene rings is 1. The zero-order valence-corrected chi connectivity index (χ0v) is 20.3. The summed E-state index contributed by atoms with van der Waals surface area (Å²) >= 11 is 0. The van der Waals surface area contributed by atoms with Crippen LogP contribution < -0.4 is 4.74 Å².